The Hall–Kier alpha value is -3.87. The number of carbonyl (C=O) groups is 3. The van der Waals surface area contributed by atoms with E-state index in [1.165, 1.54) is 4.90 Å². The van der Waals surface area contributed by atoms with Crippen LogP contribution >= 0.6 is 0 Å². The van der Waals surface area contributed by atoms with Gasteiger partial charge < -0.3 is 9.30 Å². The van der Waals surface area contributed by atoms with Crippen molar-refractivity contribution in [1.82, 2.24) is 14.8 Å². The SMILES string of the molecule is O=C1NC(=O)N(C2CCCCC2)C(=O)/C1=C/c1cn(CCCOc2ccccc2)c2ccccc12. The van der Waals surface area contributed by atoms with Gasteiger partial charge in [0.1, 0.15) is 11.3 Å². The molecule has 1 aliphatic heterocycles. The minimum Gasteiger partial charge on any atom is -0.494 e. The Morgan fingerprint density at radius 2 is 1.69 bits per heavy atom. The first-order valence-corrected chi connectivity index (χ1v) is 12.3. The highest BCUT2D eigenvalue weighted by molar-refractivity contribution is 6.31. The zero-order valence-corrected chi connectivity index (χ0v) is 19.6. The van der Waals surface area contributed by atoms with Crippen LogP contribution < -0.4 is 10.1 Å². The molecule has 0 atom stereocenters. The fourth-order valence-corrected chi connectivity index (χ4v) is 5.01. The number of hydrogen-bond donors (Lipinski definition) is 1. The summed E-state index contributed by atoms with van der Waals surface area (Å²) >= 11 is 0. The van der Waals surface area contributed by atoms with E-state index in [9.17, 15) is 14.4 Å². The van der Waals surface area contributed by atoms with E-state index in [0.29, 0.717) is 6.61 Å². The van der Waals surface area contributed by atoms with Crippen molar-refractivity contribution < 1.29 is 19.1 Å². The lowest BCUT2D eigenvalue weighted by Gasteiger charge is -2.35. The number of hydrogen-bond acceptors (Lipinski definition) is 4. The maximum absolute atomic E-state index is 13.3. The van der Waals surface area contributed by atoms with Crippen LogP contribution in [0.4, 0.5) is 4.79 Å². The van der Waals surface area contributed by atoms with Gasteiger partial charge in [-0.25, -0.2) is 4.79 Å². The lowest BCUT2D eigenvalue weighted by Crippen LogP contribution is -2.58. The highest BCUT2D eigenvalue weighted by Crippen LogP contribution is 2.28. The number of carbonyl (C=O) groups excluding carboxylic acids is 3. The predicted octanol–water partition coefficient (Wildman–Crippen LogP) is 4.90. The average molecular weight is 472 g/mol. The normalized spacial score (nSPS) is 18.3. The van der Waals surface area contributed by atoms with Crippen molar-refractivity contribution in [3.8, 4) is 5.75 Å². The molecule has 3 aromatic rings. The van der Waals surface area contributed by atoms with E-state index in [0.717, 1.165) is 67.3 Å². The summed E-state index contributed by atoms with van der Waals surface area (Å²) in [5.41, 5.74) is 1.80. The molecule has 2 aliphatic rings. The van der Waals surface area contributed by atoms with Crippen molar-refractivity contribution in [2.24, 2.45) is 0 Å². The molecular weight excluding hydrogens is 442 g/mol. The molecule has 2 fully saturated rings. The molecule has 7 nitrogen and oxygen atoms in total. The van der Waals surface area contributed by atoms with Crippen molar-refractivity contribution in [1.29, 1.82) is 0 Å². The second kappa shape index (κ2) is 10.2. The summed E-state index contributed by atoms with van der Waals surface area (Å²) < 4.78 is 7.93. The average Bonchev–Trinajstić information content (AvgIpc) is 3.23. The van der Waals surface area contributed by atoms with Gasteiger partial charge in [-0.05, 0) is 43.5 Å². The number of rotatable bonds is 7. The van der Waals surface area contributed by atoms with Gasteiger partial charge in [-0.3, -0.25) is 19.8 Å². The maximum atomic E-state index is 13.3. The number of fused-ring (bicyclic) bond motifs is 1. The van der Waals surface area contributed by atoms with Gasteiger partial charge in [0.25, 0.3) is 11.8 Å². The van der Waals surface area contributed by atoms with Crippen LogP contribution in [0.1, 0.15) is 44.1 Å². The number of aromatic nitrogens is 1. The van der Waals surface area contributed by atoms with Crippen LogP contribution in [0.2, 0.25) is 0 Å². The molecule has 2 aromatic carbocycles. The number of ether oxygens (including phenoxy) is 1. The highest BCUT2D eigenvalue weighted by Gasteiger charge is 2.40. The lowest BCUT2D eigenvalue weighted by molar-refractivity contribution is -0.132. The molecule has 5 rings (SSSR count). The van der Waals surface area contributed by atoms with Crippen molar-refractivity contribution in [2.45, 2.75) is 51.1 Å². The number of nitrogens with zero attached hydrogens (tertiary/aromatic N) is 2. The van der Waals surface area contributed by atoms with Crippen LogP contribution in [-0.4, -0.2) is 40.0 Å². The summed E-state index contributed by atoms with van der Waals surface area (Å²) in [6, 6.07) is 16.9. The zero-order chi connectivity index (χ0) is 24.2. The van der Waals surface area contributed by atoms with E-state index in [4.69, 9.17) is 4.74 Å². The van der Waals surface area contributed by atoms with E-state index >= 15 is 0 Å². The quantitative estimate of drug-likeness (QED) is 0.302. The summed E-state index contributed by atoms with van der Waals surface area (Å²) in [5.74, 6) is -0.298. The Morgan fingerprint density at radius 3 is 2.49 bits per heavy atom. The number of amides is 4. The molecule has 1 saturated carbocycles. The minimum absolute atomic E-state index is 0.00508. The smallest absolute Gasteiger partial charge is 0.331 e. The van der Waals surface area contributed by atoms with Crippen molar-refractivity contribution in [2.75, 3.05) is 6.61 Å². The summed E-state index contributed by atoms with van der Waals surface area (Å²) in [7, 11) is 0. The molecule has 4 amide bonds. The van der Waals surface area contributed by atoms with Crippen LogP contribution in [0.25, 0.3) is 17.0 Å². The molecule has 7 heteroatoms. The summed E-state index contributed by atoms with van der Waals surface area (Å²) in [5, 5.41) is 3.33. The molecule has 0 spiro atoms. The lowest BCUT2D eigenvalue weighted by atomic mass is 9.93. The molecule has 1 aliphatic carbocycles. The first-order chi connectivity index (χ1) is 17.1. The fraction of sp³-hybridized carbons (Fsp3) is 0.321. The van der Waals surface area contributed by atoms with Gasteiger partial charge in [-0.15, -0.1) is 0 Å². The largest absolute Gasteiger partial charge is 0.494 e. The van der Waals surface area contributed by atoms with E-state index < -0.39 is 17.8 Å². The molecule has 1 N–H and O–H groups in total. The van der Waals surface area contributed by atoms with Crippen LogP contribution in [-0.2, 0) is 16.1 Å². The van der Waals surface area contributed by atoms with Crippen LogP contribution in [0.15, 0.2) is 66.4 Å². The van der Waals surface area contributed by atoms with Crippen LogP contribution in [0.5, 0.6) is 5.75 Å². The van der Waals surface area contributed by atoms with Gasteiger partial charge in [-0.1, -0.05) is 55.7 Å². The number of urea groups is 1. The van der Waals surface area contributed by atoms with Gasteiger partial charge in [0.05, 0.1) is 6.61 Å². The topological polar surface area (TPSA) is 80.6 Å². The highest BCUT2D eigenvalue weighted by atomic mass is 16.5. The number of aryl methyl sites for hydroxylation is 1. The van der Waals surface area contributed by atoms with Crippen molar-refractivity contribution in [3.05, 3.63) is 71.9 Å². The molecule has 0 bridgehead atoms. The van der Waals surface area contributed by atoms with Crippen molar-refractivity contribution >= 4 is 34.8 Å². The Kier molecular flexibility index (Phi) is 6.66. The van der Waals surface area contributed by atoms with Crippen LogP contribution in [0.3, 0.4) is 0 Å². The molecule has 0 unspecified atom stereocenters. The standard InChI is InChI=1S/C28H29N3O4/c32-26-24(27(33)31(28(34)29-26)21-10-3-1-4-11-21)18-20-19-30(25-15-8-7-14-23(20)25)16-9-17-35-22-12-5-2-6-13-22/h2,5-8,12-15,18-19,21H,1,3-4,9-11,16-17H2,(H,29,32,34)/b24-18+. The van der Waals surface area contributed by atoms with Gasteiger partial charge in [0.2, 0.25) is 0 Å². The van der Waals surface area contributed by atoms with Gasteiger partial charge in [0.15, 0.2) is 0 Å². The fourth-order valence-electron chi connectivity index (χ4n) is 5.01. The second-order valence-electron chi connectivity index (χ2n) is 9.09. The minimum atomic E-state index is -0.639. The van der Waals surface area contributed by atoms with E-state index in [1.54, 1.807) is 6.08 Å². The number of para-hydroxylation sites is 2. The Labute approximate surface area is 204 Å². The number of imide groups is 2. The summed E-state index contributed by atoms with van der Waals surface area (Å²) in [6.45, 7) is 1.30. The third-order valence-corrected chi connectivity index (χ3v) is 6.75. The summed E-state index contributed by atoms with van der Waals surface area (Å²) in [6.07, 6.45) is 9.02. The monoisotopic (exact) mass is 471 g/mol. The van der Waals surface area contributed by atoms with E-state index in [2.05, 4.69) is 9.88 Å². The Balaban J connectivity index is 1.37. The molecule has 2 heterocycles. The van der Waals surface area contributed by atoms with E-state index in [-0.39, 0.29) is 11.6 Å². The molecule has 0 radical (unpaired) electrons. The van der Waals surface area contributed by atoms with Crippen LogP contribution in [0, 0.1) is 0 Å². The number of benzene rings is 2. The zero-order valence-electron chi connectivity index (χ0n) is 19.6. The molecule has 35 heavy (non-hydrogen) atoms. The van der Waals surface area contributed by atoms with Crippen molar-refractivity contribution in [3.63, 3.8) is 0 Å². The predicted molar refractivity (Wildman–Crippen MR) is 134 cm³/mol. The third-order valence-electron chi connectivity index (χ3n) is 6.75. The first-order valence-electron chi connectivity index (χ1n) is 12.3. The van der Waals surface area contributed by atoms with Gasteiger partial charge >= 0.3 is 6.03 Å². The van der Waals surface area contributed by atoms with Gasteiger partial charge in [-0.2, -0.15) is 0 Å². The third kappa shape index (κ3) is 4.85. The van der Waals surface area contributed by atoms with E-state index in [1.807, 2.05) is 60.8 Å². The molecule has 180 valence electrons. The van der Waals surface area contributed by atoms with Gasteiger partial charge in [0, 0.05) is 35.2 Å². The summed E-state index contributed by atoms with van der Waals surface area (Å²) in [4.78, 5) is 39.7. The number of nitrogens with one attached hydrogen (secondary N) is 1. The molecule has 1 aromatic heterocycles. The number of barbiturate groups is 1. The second-order valence-corrected chi connectivity index (χ2v) is 9.09. The molecule has 1 saturated heterocycles. The first kappa shape index (κ1) is 22.9. The maximum Gasteiger partial charge on any atom is 0.331 e. The molecular formula is C28H29N3O4. The Morgan fingerprint density at radius 1 is 0.943 bits per heavy atom. The Bertz CT molecular complexity index is 1270.